The Morgan fingerprint density at radius 3 is 2.69 bits per heavy atom. The number of rotatable bonds is 7. The SMILES string of the molecule is Cc1cc(COc2cnc(/C(F)=C/c3ccc(F)c([C@@]4(C)N=C(N)S[C@@]5(C(=O)N(C)C)[C@@H](C)[C@@H]54)c3)cn2)on1. The lowest BCUT2D eigenvalue weighted by Crippen LogP contribution is -2.44. The zero-order valence-electron chi connectivity index (χ0n) is 22.1. The molecule has 2 aromatic heterocycles. The molecular weight excluding hydrogens is 526 g/mol. The third-order valence-electron chi connectivity index (χ3n) is 7.23. The molecule has 1 amide bonds. The molecular formula is C27H28F2N6O3S. The molecule has 0 spiro atoms. The van der Waals surface area contributed by atoms with Crippen molar-refractivity contribution in [2.24, 2.45) is 22.6 Å². The number of amidine groups is 1. The summed E-state index contributed by atoms with van der Waals surface area (Å²) >= 11 is 1.23. The monoisotopic (exact) mass is 554 g/mol. The predicted molar refractivity (Wildman–Crippen MR) is 144 cm³/mol. The van der Waals surface area contributed by atoms with Gasteiger partial charge in [0.1, 0.15) is 16.3 Å². The molecule has 1 aliphatic carbocycles. The zero-order valence-corrected chi connectivity index (χ0v) is 22.9. The van der Waals surface area contributed by atoms with Gasteiger partial charge in [-0.15, -0.1) is 0 Å². The fraction of sp³-hybridized carbons (Fsp3) is 0.370. The number of halogens is 2. The molecule has 0 unspecified atom stereocenters. The number of ether oxygens (including phenoxy) is 1. The van der Waals surface area contributed by atoms with E-state index in [2.05, 4.69) is 20.1 Å². The number of nitrogens with zero attached hydrogens (tertiary/aromatic N) is 5. The van der Waals surface area contributed by atoms with Crippen molar-refractivity contribution in [1.29, 1.82) is 0 Å². The van der Waals surface area contributed by atoms with Gasteiger partial charge in [-0.05, 0) is 43.5 Å². The van der Waals surface area contributed by atoms with Crippen molar-refractivity contribution >= 4 is 34.7 Å². The van der Waals surface area contributed by atoms with Crippen LogP contribution in [0.4, 0.5) is 8.78 Å². The van der Waals surface area contributed by atoms with Gasteiger partial charge < -0.3 is 19.9 Å². The summed E-state index contributed by atoms with van der Waals surface area (Å²) in [6.45, 7) is 5.63. The fourth-order valence-electron chi connectivity index (χ4n) is 5.42. The van der Waals surface area contributed by atoms with Crippen LogP contribution >= 0.6 is 11.8 Å². The van der Waals surface area contributed by atoms with Gasteiger partial charge in [0.2, 0.25) is 11.8 Å². The lowest BCUT2D eigenvalue weighted by molar-refractivity contribution is -0.129. The number of benzene rings is 1. The van der Waals surface area contributed by atoms with Gasteiger partial charge in [0.25, 0.3) is 0 Å². The minimum absolute atomic E-state index is 0.0160. The molecule has 3 aromatic rings. The van der Waals surface area contributed by atoms with E-state index in [1.165, 1.54) is 47.3 Å². The van der Waals surface area contributed by atoms with Gasteiger partial charge in [-0.25, -0.2) is 18.7 Å². The second-order valence-corrected chi connectivity index (χ2v) is 11.5. The van der Waals surface area contributed by atoms with Gasteiger partial charge >= 0.3 is 0 Å². The standard InChI is InChI=1S/C27H28F2N6O3S/c1-14-8-17(38-34-14)13-37-22-12-31-21(11-32-22)20(29)10-16-6-7-19(28)18(9-16)26(3)23-15(2)27(23,24(36)35(4)5)39-25(30)33-26/h6-12,15,23H,13H2,1-5H3,(H2,30,33)/b20-10-/t15-,23+,26+,27-/m0/s1. The summed E-state index contributed by atoms with van der Waals surface area (Å²) in [7, 11) is 3.37. The highest BCUT2D eigenvalue weighted by Crippen LogP contribution is 2.70. The molecule has 5 rings (SSSR count). The maximum absolute atomic E-state index is 15.3. The molecule has 204 valence electrons. The van der Waals surface area contributed by atoms with Gasteiger partial charge in [-0.2, -0.15) is 0 Å². The molecule has 0 saturated heterocycles. The Balaban J connectivity index is 1.39. The summed E-state index contributed by atoms with van der Waals surface area (Å²) in [5, 5.41) is 4.00. The first-order valence-corrected chi connectivity index (χ1v) is 13.1. The summed E-state index contributed by atoms with van der Waals surface area (Å²) < 4.78 is 40.2. The van der Waals surface area contributed by atoms with Crippen LogP contribution in [0.25, 0.3) is 11.9 Å². The molecule has 4 atom stereocenters. The molecule has 2 N–H and O–H groups in total. The lowest BCUT2D eigenvalue weighted by Gasteiger charge is -2.34. The number of fused-ring (bicyclic) bond motifs is 1. The molecule has 2 aliphatic rings. The van der Waals surface area contributed by atoms with Crippen LogP contribution in [0.5, 0.6) is 5.88 Å². The van der Waals surface area contributed by atoms with Gasteiger partial charge in [0.05, 0.1) is 23.6 Å². The molecule has 39 heavy (non-hydrogen) atoms. The van der Waals surface area contributed by atoms with Crippen LogP contribution in [0.2, 0.25) is 0 Å². The number of aromatic nitrogens is 3. The van der Waals surface area contributed by atoms with Crippen molar-refractivity contribution in [3.63, 3.8) is 0 Å². The quantitative estimate of drug-likeness (QED) is 0.458. The van der Waals surface area contributed by atoms with E-state index in [1.54, 1.807) is 40.1 Å². The van der Waals surface area contributed by atoms with E-state index >= 15 is 8.78 Å². The summed E-state index contributed by atoms with van der Waals surface area (Å²) in [6, 6.07) is 6.01. The smallest absolute Gasteiger partial charge is 0.239 e. The molecule has 0 bridgehead atoms. The first-order valence-electron chi connectivity index (χ1n) is 12.3. The van der Waals surface area contributed by atoms with Gasteiger partial charge in [-0.1, -0.05) is 29.9 Å². The van der Waals surface area contributed by atoms with Crippen LogP contribution in [0, 0.1) is 24.6 Å². The number of hydrogen-bond donors (Lipinski definition) is 1. The van der Waals surface area contributed by atoms with Crippen molar-refractivity contribution in [2.45, 2.75) is 37.7 Å². The first kappa shape index (κ1) is 26.8. The van der Waals surface area contributed by atoms with Crippen molar-refractivity contribution in [1.82, 2.24) is 20.0 Å². The summed E-state index contributed by atoms with van der Waals surface area (Å²) in [6.07, 6.45) is 3.79. The van der Waals surface area contributed by atoms with Crippen LogP contribution < -0.4 is 10.5 Å². The maximum atomic E-state index is 15.3. The van der Waals surface area contributed by atoms with Crippen LogP contribution in [0.1, 0.15) is 42.1 Å². The average Bonchev–Trinajstić information content (AvgIpc) is 3.28. The molecule has 1 aliphatic heterocycles. The third kappa shape index (κ3) is 4.66. The molecule has 1 saturated carbocycles. The van der Waals surface area contributed by atoms with E-state index in [1.807, 2.05) is 6.92 Å². The maximum Gasteiger partial charge on any atom is 0.239 e. The second-order valence-electron chi connectivity index (χ2n) is 10.2. The molecule has 0 radical (unpaired) electrons. The van der Waals surface area contributed by atoms with Gasteiger partial charge in [0.15, 0.2) is 23.4 Å². The third-order valence-corrected chi connectivity index (χ3v) is 8.67. The normalized spacial score (nSPS) is 26.0. The Kier molecular flexibility index (Phi) is 6.69. The highest BCUT2D eigenvalue weighted by atomic mass is 32.2. The molecule has 1 aromatic carbocycles. The number of aryl methyl sites for hydroxylation is 1. The summed E-state index contributed by atoms with van der Waals surface area (Å²) in [4.78, 5) is 27.5. The van der Waals surface area contributed by atoms with Crippen molar-refractivity contribution in [2.75, 3.05) is 14.1 Å². The summed E-state index contributed by atoms with van der Waals surface area (Å²) in [5.74, 6) is -0.914. The van der Waals surface area contributed by atoms with E-state index in [9.17, 15) is 4.79 Å². The van der Waals surface area contributed by atoms with Gasteiger partial charge in [0, 0.05) is 31.6 Å². The Bertz CT molecular complexity index is 1490. The van der Waals surface area contributed by atoms with E-state index in [4.69, 9.17) is 15.0 Å². The Hall–Kier alpha value is -3.80. The number of carbonyl (C=O) groups is 1. The number of thioether (sulfide) groups is 1. The van der Waals surface area contributed by atoms with Crippen LogP contribution in [-0.2, 0) is 16.9 Å². The van der Waals surface area contributed by atoms with Crippen molar-refractivity contribution in [3.05, 3.63) is 70.8 Å². The van der Waals surface area contributed by atoms with E-state index in [0.29, 0.717) is 11.3 Å². The van der Waals surface area contributed by atoms with E-state index in [0.717, 1.165) is 5.69 Å². The van der Waals surface area contributed by atoms with Gasteiger partial charge in [-0.3, -0.25) is 9.79 Å². The Morgan fingerprint density at radius 1 is 1.28 bits per heavy atom. The minimum atomic E-state index is -1.11. The zero-order chi connectivity index (χ0) is 28.1. The Labute approximate surface area is 228 Å². The van der Waals surface area contributed by atoms with E-state index in [-0.39, 0.29) is 46.7 Å². The van der Waals surface area contributed by atoms with E-state index < -0.39 is 21.9 Å². The number of aliphatic imine (C=N–C) groups is 1. The highest BCUT2D eigenvalue weighted by Gasteiger charge is 2.76. The lowest BCUT2D eigenvalue weighted by atomic mass is 9.84. The molecule has 9 nitrogen and oxygen atoms in total. The highest BCUT2D eigenvalue weighted by molar-refractivity contribution is 8.15. The second kappa shape index (κ2) is 9.74. The van der Waals surface area contributed by atoms with Crippen LogP contribution in [0.3, 0.4) is 0 Å². The van der Waals surface area contributed by atoms with Crippen molar-refractivity contribution < 1.29 is 22.8 Å². The van der Waals surface area contributed by atoms with Crippen molar-refractivity contribution in [3.8, 4) is 5.88 Å². The fourth-order valence-corrected chi connectivity index (χ4v) is 7.08. The predicted octanol–water partition coefficient (Wildman–Crippen LogP) is 4.33. The number of carbonyl (C=O) groups excluding carboxylic acids is 1. The topological polar surface area (TPSA) is 120 Å². The number of hydrogen-bond acceptors (Lipinski definition) is 9. The molecule has 12 heteroatoms. The number of nitrogens with two attached hydrogens (primary N) is 1. The first-order chi connectivity index (χ1) is 18.5. The summed E-state index contributed by atoms with van der Waals surface area (Å²) in [5.41, 5.74) is 6.43. The number of amides is 1. The molecule has 1 fully saturated rings. The minimum Gasteiger partial charge on any atom is -0.468 e. The Morgan fingerprint density at radius 2 is 2.05 bits per heavy atom. The van der Waals surface area contributed by atoms with Crippen LogP contribution in [-0.4, -0.2) is 49.9 Å². The van der Waals surface area contributed by atoms with Crippen LogP contribution in [0.15, 0.2) is 46.2 Å². The molecule has 3 heterocycles. The largest absolute Gasteiger partial charge is 0.468 e. The average molecular weight is 555 g/mol.